The highest BCUT2D eigenvalue weighted by molar-refractivity contribution is 7.44. The molecule has 9 nitrogen and oxygen atoms in total. The van der Waals surface area contributed by atoms with Crippen molar-refractivity contribution < 1.29 is 41.2 Å². The van der Waals surface area contributed by atoms with Gasteiger partial charge in [0.2, 0.25) is 0 Å². The van der Waals surface area contributed by atoms with Crippen molar-refractivity contribution in [1.29, 1.82) is 0 Å². The molecule has 6 aliphatic rings. The van der Waals surface area contributed by atoms with Crippen LogP contribution in [0.1, 0.15) is 0 Å². The summed E-state index contributed by atoms with van der Waals surface area (Å²) in [6.45, 7) is -1.26. The first-order valence-electron chi connectivity index (χ1n) is 30.4. The van der Waals surface area contributed by atoms with Crippen molar-refractivity contribution in [3.63, 3.8) is 0 Å². The van der Waals surface area contributed by atoms with Gasteiger partial charge in [0.15, 0.2) is 17.2 Å². The molecular weight excluding hydrogens is 1210 g/mol. The lowest BCUT2D eigenvalue weighted by atomic mass is 9.36. The summed E-state index contributed by atoms with van der Waals surface area (Å²) in [5.74, 6) is 2.67. The molecule has 0 N–H and O–H groups in total. The Morgan fingerprint density at radius 3 is 1.14 bits per heavy atom. The zero-order valence-electron chi connectivity index (χ0n) is 49.0. The third-order valence-electron chi connectivity index (χ3n) is 18.4. The lowest BCUT2D eigenvalue weighted by Gasteiger charge is -2.38. The van der Waals surface area contributed by atoms with E-state index in [1.807, 2.05) is 165 Å². The zero-order chi connectivity index (χ0) is 61.9. The summed E-state index contributed by atoms with van der Waals surface area (Å²) in [6.07, 6.45) is 0. The molecule has 442 valence electrons. The lowest BCUT2D eigenvalue weighted by Crippen LogP contribution is -2.58. The monoisotopic (exact) mass is 1250 g/mol. The maximum absolute atomic E-state index is 16.4. The van der Waals surface area contributed by atoms with Crippen LogP contribution in [0.3, 0.4) is 0 Å². The van der Waals surface area contributed by atoms with Crippen molar-refractivity contribution in [2.45, 2.75) is 0 Å². The average Bonchev–Trinajstić information content (AvgIpc) is 1.58. The minimum Gasteiger partial charge on any atom is -0.458 e. The molecule has 0 bridgehead atoms. The van der Waals surface area contributed by atoms with Gasteiger partial charge in [0.05, 0.1) is 22.7 Å². The number of benzene rings is 11. The Balaban J connectivity index is 0.844. The number of hydrogen-bond donors (Lipinski definition) is 0. The number of hydrogen-bond acceptors (Lipinski definition) is 11. The van der Waals surface area contributed by atoms with E-state index in [0.717, 1.165) is 74.9 Å². The number of rotatable bonds is 9. The van der Waals surface area contributed by atoms with Crippen molar-refractivity contribution >= 4 is 152 Å². The number of para-hydroxylation sites is 8. The smallest absolute Gasteiger partial charge is 0.285 e. The minimum atomic E-state index is -0.744. The minimum absolute atomic E-state index is 0.226. The van der Waals surface area contributed by atoms with Crippen molar-refractivity contribution in [3.05, 3.63) is 266 Å². The molecule has 0 radical (unpaired) electrons. The molecule has 6 aliphatic heterocycles. The summed E-state index contributed by atoms with van der Waals surface area (Å²) in [4.78, 5) is 7.49. The van der Waals surface area contributed by atoms with E-state index in [9.17, 15) is 0 Å². The van der Waals surface area contributed by atoms with Crippen LogP contribution in [0.2, 0.25) is 0 Å². The highest BCUT2D eigenvalue weighted by Gasteiger charge is 2.53. The van der Waals surface area contributed by atoms with Crippen LogP contribution in [0.25, 0.3) is 0 Å². The Bertz CT molecular complexity index is 5220. The van der Waals surface area contributed by atoms with Crippen molar-refractivity contribution in [2.75, 3.05) is 26.6 Å². The van der Waals surface area contributed by atoms with E-state index in [2.05, 4.69) is 58.3 Å². The van der Waals surface area contributed by atoms with Gasteiger partial charge in [-0.25, -0.2) is 17.6 Å². The van der Waals surface area contributed by atoms with Crippen LogP contribution in [-0.2, 0) is 0 Å². The van der Waals surface area contributed by atoms with Crippen LogP contribution < -0.4 is 89.7 Å². The fourth-order valence-corrected chi connectivity index (χ4v) is 17.5. The maximum Gasteiger partial charge on any atom is 0.285 e. The molecule has 0 fully saturated rings. The van der Waals surface area contributed by atoms with Gasteiger partial charge in [-0.3, -0.25) is 0 Å². The number of anilines is 11. The van der Waals surface area contributed by atoms with Gasteiger partial charge in [-0.2, -0.15) is 22.7 Å². The van der Waals surface area contributed by atoms with E-state index in [1.54, 1.807) is 32.5 Å². The molecule has 93 heavy (non-hydrogen) atoms. The van der Waals surface area contributed by atoms with Gasteiger partial charge in [0.1, 0.15) is 74.9 Å². The molecule has 0 unspecified atom stereocenters. The second kappa shape index (κ2) is 20.5. The predicted molar refractivity (Wildman–Crippen MR) is 367 cm³/mol. The van der Waals surface area contributed by atoms with Crippen LogP contribution >= 0.6 is 22.7 Å². The molecule has 2 aromatic heterocycles. The summed E-state index contributed by atoms with van der Waals surface area (Å²) in [6, 6.07) is 74.2. The third kappa shape index (κ3) is 8.01. The largest absolute Gasteiger partial charge is 0.458 e. The maximum atomic E-state index is 16.4. The second-order valence-electron chi connectivity index (χ2n) is 23.5. The number of halogens is 4. The Morgan fingerprint density at radius 1 is 0.312 bits per heavy atom. The van der Waals surface area contributed by atoms with Gasteiger partial charge < -0.3 is 43.3 Å². The number of thiophene rings is 2. The summed E-state index contributed by atoms with van der Waals surface area (Å²) in [5, 5.41) is 0. The topological polar surface area (TPSA) is 59.1 Å². The molecule has 0 aliphatic carbocycles. The second-order valence-corrected chi connectivity index (χ2v) is 25.7. The zero-order valence-corrected chi connectivity index (χ0v) is 50.6. The first kappa shape index (κ1) is 53.7. The van der Waals surface area contributed by atoms with Gasteiger partial charge >= 0.3 is 0 Å². The summed E-state index contributed by atoms with van der Waals surface area (Å²) >= 11 is 3.31. The van der Waals surface area contributed by atoms with Crippen molar-refractivity contribution in [3.8, 4) is 57.5 Å². The predicted octanol–water partition coefficient (Wildman–Crippen LogP) is 14.9. The fraction of sp³-hybridized carbons (Fsp3) is 0.0133. The van der Waals surface area contributed by atoms with Gasteiger partial charge in [-0.1, -0.05) is 121 Å². The van der Waals surface area contributed by atoms with Gasteiger partial charge in [-0.15, -0.1) is 0 Å². The summed E-state index contributed by atoms with van der Waals surface area (Å²) in [7, 11) is 2.02. The van der Waals surface area contributed by atoms with Crippen LogP contribution in [0, 0.1) is 23.3 Å². The standard InChI is InChI=1S/C75H43B3F4N4O5S2/c1-83-55-36-46(85(44-24-10-4-11-25-44)66-51(79)30-18-31-52(66)80)37-58-63(55)76(49-28-14-16-34-56(49)87-58)72-68(83)69-73(92-72)78-65-61(89-69)38-47(84(42-20-6-2-7-21-42)43-22-8-3-9-23-43)39-62(65)91-71-70-74(93-75(71)78)77-50-29-15-17-35-57(50)88-59-40-48(41-60(90-70)64(59)77)86(45-26-12-5-13-27-45)67-53(81)32-19-33-54(67)82/h2-41H,1H3. The molecular formula is C75H43B3F4N4O5S2. The number of fused-ring (bicyclic) bond motifs is 14. The Hall–Kier alpha value is -11.1. The van der Waals surface area contributed by atoms with Gasteiger partial charge in [0.25, 0.3) is 20.1 Å². The Kier molecular flexibility index (Phi) is 11.8. The normalized spacial score (nSPS) is 13.3. The van der Waals surface area contributed by atoms with Crippen LogP contribution in [-0.4, -0.2) is 27.2 Å². The molecule has 13 aromatic rings. The Morgan fingerprint density at radius 2 is 0.656 bits per heavy atom. The third-order valence-corrected chi connectivity index (χ3v) is 20.9. The summed E-state index contributed by atoms with van der Waals surface area (Å²) in [5.41, 5.74) is 10.0. The molecule has 0 atom stereocenters. The van der Waals surface area contributed by atoms with Crippen molar-refractivity contribution in [1.82, 2.24) is 0 Å². The molecule has 8 heterocycles. The van der Waals surface area contributed by atoms with Crippen molar-refractivity contribution in [2.24, 2.45) is 0 Å². The summed E-state index contributed by atoms with van der Waals surface area (Å²) < 4.78 is 105. The molecule has 0 spiro atoms. The van der Waals surface area contributed by atoms with E-state index < -0.39 is 36.7 Å². The molecule has 0 amide bonds. The molecule has 19 rings (SSSR count). The van der Waals surface area contributed by atoms with Crippen LogP contribution in [0.4, 0.5) is 80.1 Å². The molecule has 11 aromatic carbocycles. The first-order valence-corrected chi connectivity index (χ1v) is 32.0. The van der Waals surface area contributed by atoms with Crippen LogP contribution in [0.5, 0.6) is 57.5 Å². The van der Waals surface area contributed by atoms with Gasteiger partial charge in [-0.05, 0) is 107 Å². The molecule has 0 saturated heterocycles. The highest BCUT2D eigenvalue weighted by atomic mass is 32.1. The number of ether oxygens (including phenoxy) is 5. The average molecular weight is 1250 g/mol. The molecule has 18 heteroatoms. The van der Waals surface area contributed by atoms with Gasteiger partial charge in [0, 0.05) is 95.8 Å². The first-order chi connectivity index (χ1) is 45.7. The van der Waals surface area contributed by atoms with E-state index in [-0.39, 0.29) is 18.1 Å². The van der Waals surface area contributed by atoms with E-state index >= 15 is 17.6 Å². The van der Waals surface area contributed by atoms with E-state index in [0.29, 0.717) is 80.2 Å². The molecule has 0 saturated carbocycles. The SMILES string of the molecule is CN1c2cc(N(c3ccccc3)c3c(F)cccc3F)cc3c2B(c2ccccc2O3)c2sc3c(c21)Oc1cc(N(c2ccccc2)c2ccccc2)cc2c1B3c1sc3c(c1O2)Oc1cc(N(c2ccccc2)c2c(F)cccc2F)cc2c1B3c1ccccc1O2. The lowest BCUT2D eigenvalue weighted by molar-refractivity contribution is 0.420. The fourth-order valence-electron chi connectivity index (χ4n) is 14.5. The van der Waals surface area contributed by atoms with E-state index in [1.165, 1.54) is 36.4 Å². The van der Waals surface area contributed by atoms with Crippen LogP contribution in [0.15, 0.2) is 243 Å². The quantitative estimate of drug-likeness (QED) is 0.104. The van der Waals surface area contributed by atoms with E-state index in [4.69, 9.17) is 23.7 Å². The Labute approximate surface area is 539 Å². The number of nitrogens with zero attached hydrogens (tertiary/aromatic N) is 4. The highest BCUT2D eigenvalue weighted by Crippen LogP contribution is 2.53.